The van der Waals surface area contributed by atoms with Crippen LogP contribution < -0.4 is 0 Å². The van der Waals surface area contributed by atoms with Gasteiger partial charge in [0.25, 0.3) is 5.91 Å². The number of phenols is 1. The third-order valence-corrected chi connectivity index (χ3v) is 1.82. The third-order valence-electron chi connectivity index (χ3n) is 1.82. The number of carboxylic acid groups (broad SMARTS) is 1. The van der Waals surface area contributed by atoms with Gasteiger partial charge >= 0.3 is 5.97 Å². The maximum atomic E-state index is 11.5. The number of benzene rings is 1. The second kappa shape index (κ2) is 4.00. The van der Waals surface area contributed by atoms with Crippen molar-refractivity contribution < 1.29 is 19.8 Å². The Kier molecular flexibility index (Phi) is 2.94. The molecule has 0 spiro atoms. The van der Waals surface area contributed by atoms with Gasteiger partial charge in [-0.1, -0.05) is 0 Å². The Balaban J connectivity index is 3.20. The van der Waals surface area contributed by atoms with E-state index in [9.17, 15) is 14.7 Å². The van der Waals surface area contributed by atoms with Crippen LogP contribution in [0, 0.1) is 0 Å². The van der Waals surface area contributed by atoms with E-state index in [-0.39, 0.29) is 22.8 Å². The van der Waals surface area contributed by atoms with E-state index in [1.807, 2.05) is 0 Å². The van der Waals surface area contributed by atoms with Crippen LogP contribution in [0.25, 0.3) is 0 Å². The Morgan fingerprint density at radius 3 is 2.13 bits per heavy atom. The van der Waals surface area contributed by atoms with E-state index < -0.39 is 5.97 Å². The summed E-state index contributed by atoms with van der Waals surface area (Å²) >= 11 is 0. The SMILES string of the molecule is CN(C)C(=O)c1cc(O)cc(C(=O)O)c1. The van der Waals surface area contributed by atoms with Gasteiger partial charge < -0.3 is 15.1 Å². The Bertz CT molecular complexity index is 412. The Morgan fingerprint density at radius 2 is 1.67 bits per heavy atom. The summed E-state index contributed by atoms with van der Waals surface area (Å²) in [6.07, 6.45) is 0. The van der Waals surface area contributed by atoms with E-state index >= 15 is 0 Å². The van der Waals surface area contributed by atoms with Gasteiger partial charge in [0.2, 0.25) is 0 Å². The van der Waals surface area contributed by atoms with Crippen molar-refractivity contribution in [2.24, 2.45) is 0 Å². The molecule has 0 bridgehead atoms. The third kappa shape index (κ3) is 2.46. The normalized spacial score (nSPS) is 9.73. The molecule has 0 radical (unpaired) electrons. The number of carbonyl (C=O) groups is 2. The highest BCUT2D eigenvalue weighted by atomic mass is 16.4. The van der Waals surface area contributed by atoms with E-state index in [0.29, 0.717) is 0 Å². The number of hydrogen-bond donors (Lipinski definition) is 2. The van der Waals surface area contributed by atoms with Crippen molar-refractivity contribution in [3.8, 4) is 5.75 Å². The maximum Gasteiger partial charge on any atom is 0.335 e. The fraction of sp³-hybridized carbons (Fsp3) is 0.200. The van der Waals surface area contributed by atoms with Crippen molar-refractivity contribution in [1.82, 2.24) is 4.90 Å². The first-order chi connectivity index (χ1) is 6.91. The highest BCUT2D eigenvalue weighted by molar-refractivity contribution is 5.97. The molecule has 80 valence electrons. The van der Waals surface area contributed by atoms with Crippen LogP contribution in [0.1, 0.15) is 20.7 Å². The predicted octanol–water partition coefficient (Wildman–Crippen LogP) is 0.792. The fourth-order valence-corrected chi connectivity index (χ4v) is 1.12. The molecular formula is C10H11NO4. The number of phenolic OH excluding ortho intramolecular Hbond substituents is 1. The van der Waals surface area contributed by atoms with Crippen LogP contribution in [0.3, 0.4) is 0 Å². The van der Waals surface area contributed by atoms with E-state index in [2.05, 4.69) is 0 Å². The number of rotatable bonds is 2. The lowest BCUT2D eigenvalue weighted by atomic mass is 10.1. The average molecular weight is 209 g/mol. The topological polar surface area (TPSA) is 77.8 Å². The zero-order valence-corrected chi connectivity index (χ0v) is 8.39. The van der Waals surface area contributed by atoms with Gasteiger partial charge in [-0.15, -0.1) is 0 Å². The van der Waals surface area contributed by atoms with Gasteiger partial charge in [-0.3, -0.25) is 4.79 Å². The minimum Gasteiger partial charge on any atom is -0.508 e. The lowest BCUT2D eigenvalue weighted by molar-refractivity contribution is 0.0696. The number of aromatic carboxylic acids is 1. The largest absolute Gasteiger partial charge is 0.508 e. The highest BCUT2D eigenvalue weighted by Crippen LogP contribution is 2.16. The molecular weight excluding hydrogens is 198 g/mol. The van der Waals surface area contributed by atoms with Crippen LogP contribution in [0.4, 0.5) is 0 Å². The van der Waals surface area contributed by atoms with Gasteiger partial charge in [0, 0.05) is 19.7 Å². The molecule has 1 aromatic carbocycles. The van der Waals surface area contributed by atoms with Crippen molar-refractivity contribution in [2.75, 3.05) is 14.1 Å². The van der Waals surface area contributed by atoms with E-state index in [0.717, 1.165) is 6.07 Å². The first-order valence-corrected chi connectivity index (χ1v) is 4.21. The van der Waals surface area contributed by atoms with Crippen molar-refractivity contribution in [2.45, 2.75) is 0 Å². The zero-order valence-electron chi connectivity index (χ0n) is 8.39. The minimum atomic E-state index is -1.18. The molecule has 0 aliphatic rings. The molecule has 1 rings (SSSR count). The molecule has 1 aromatic rings. The van der Waals surface area contributed by atoms with E-state index in [1.165, 1.54) is 17.0 Å². The quantitative estimate of drug-likeness (QED) is 0.754. The fourth-order valence-electron chi connectivity index (χ4n) is 1.12. The Labute approximate surface area is 86.6 Å². The standard InChI is InChI=1S/C10H11NO4/c1-11(2)9(13)6-3-7(10(14)15)5-8(12)4-6/h3-5,12H,1-2H3,(H,14,15). The summed E-state index contributed by atoms with van der Waals surface area (Å²) in [7, 11) is 3.10. The number of carbonyl (C=O) groups excluding carboxylic acids is 1. The summed E-state index contributed by atoms with van der Waals surface area (Å²) in [5.74, 6) is -1.77. The molecule has 0 heterocycles. The molecule has 0 atom stereocenters. The minimum absolute atomic E-state index is 0.111. The molecule has 0 aliphatic heterocycles. The van der Waals surface area contributed by atoms with Gasteiger partial charge in [-0.2, -0.15) is 0 Å². The summed E-state index contributed by atoms with van der Waals surface area (Å²) in [5.41, 5.74) is 0.0394. The molecule has 0 unspecified atom stereocenters. The summed E-state index contributed by atoms with van der Waals surface area (Å²) < 4.78 is 0. The van der Waals surface area contributed by atoms with Crippen LogP contribution in [0.5, 0.6) is 5.75 Å². The molecule has 0 saturated heterocycles. The maximum absolute atomic E-state index is 11.5. The number of amides is 1. The van der Waals surface area contributed by atoms with Crippen molar-refractivity contribution in [3.05, 3.63) is 29.3 Å². The van der Waals surface area contributed by atoms with Crippen LogP contribution in [-0.2, 0) is 0 Å². The van der Waals surface area contributed by atoms with Crippen LogP contribution in [0.15, 0.2) is 18.2 Å². The number of aromatic hydroxyl groups is 1. The van der Waals surface area contributed by atoms with Gasteiger partial charge in [0.05, 0.1) is 5.56 Å². The smallest absolute Gasteiger partial charge is 0.335 e. The predicted molar refractivity (Wildman–Crippen MR) is 53.1 cm³/mol. The molecule has 2 N–H and O–H groups in total. The summed E-state index contributed by atoms with van der Waals surface area (Å²) in [6, 6.07) is 3.55. The Hall–Kier alpha value is -2.04. The molecule has 0 aliphatic carbocycles. The monoisotopic (exact) mass is 209 g/mol. The first-order valence-electron chi connectivity index (χ1n) is 4.21. The van der Waals surface area contributed by atoms with E-state index in [1.54, 1.807) is 14.1 Å². The molecule has 5 heteroatoms. The van der Waals surface area contributed by atoms with Crippen LogP contribution in [-0.4, -0.2) is 41.1 Å². The molecule has 0 fully saturated rings. The molecule has 5 nitrogen and oxygen atoms in total. The number of carboxylic acids is 1. The summed E-state index contributed by atoms with van der Waals surface area (Å²) in [4.78, 5) is 23.5. The van der Waals surface area contributed by atoms with Gasteiger partial charge in [0.1, 0.15) is 5.75 Å². The van der Waals surface area contributed by atoms with Crippen molar-refractivity contribution in [1.29, 1.82) is 0 Å². The number of nitrogens with zero attached hydrogens (tertiary/aromatic N) is 1. The summed E-state index contributed by atoms with van der Waals surface area (Å²) in [6.45, 7) is 0. The Morgan fingerprint density at radius 1 is 1.13 bits per heavy atom. The van der Waals surface area contributed by atoms with Crippen LogP contribution in [0.2, 0.25) is 0 Å². The molecule has 1 amide bonds. The van der Waals surface area contributed by atoms with Crippen LogP contribution >= 0.6 is 0 Å². The highest BCUT2D eigenvalue weighted by Gasteiger charge is 2.13. The van der Waals surface area contributed by atoms with Crippen molar-refractivity contribution >= 4 is 11.9 Å². The first kappa shape index (κ1) is 11.0. The summed E-state index contributed by atoms with van der Waals surface area (Å²) in [5, 5.41) is 18.0. The molecule has 0 aromatic heterocycles. The lowest BCUT2D eigenvalue weighted by Crippen LogP contribution is -2.21. The zero-order chi connectivity index (χ0) is 11.6. The second-order valence-electron chi connectivity index (χ2n) is 3.27. The van der Waals surface area contributed by atoms with Crippen molar-refractivity contribution in [3.63, 3.8) is 0 Å². The number of hydrogen-bond acceptors (Lipinski definition) is 3. The van der Waals surface area contributed by atoms with Gasteiger partial charge in [-0.25, -0.2) is 4.79 Å². The second-order valence-corrected chi connectivity index (χ2v) is 3.27. The molecule has 15 heavy (non-hydrogen) atoms. The van der Waals surface area contributed by atoms with E-state index in [4.69, 9.17) is 5.11 Å². The lowest BCUT2D eigenvalue weighted by Gasteiger charge is -2.10. The van der Waals surface area contributed by atoms with Gasteiger partial charge in [0.15, 0.2) is 0 Å². The molecule has 0 saturated carbocycles. The van der Waals surface area contributed by atoms with Gasteiger partial charge in [-0.05, 0) is 18.2 Å². The average Bonchev–Trinajstić information content (AvgIpc) is 2.15.